The lowest BCUT2D eigenvalue weighted by Crippen LogP contribution is -2.53. The number of carbonyl (C=O) groups is 2. The first kappa shape index (κ1) is 15.3. The number of rotatable bonds is 3. The van der Waals surface area contributed by atoms with Crippen molar-refractivity contribution in [3.05, 3.63) is 0 Å². The predicted octanol–water partition coefficient (Wildman–Crippen LogP) is 0.844. The van der Waals surface area contributed by atoms with Crippen LogP contribution in [-0.4, -0.2) is 60.4 Å². The second-order valence-electron chi connectivity index (χ2n) is 6.25. The Hall–Kier alpha value is -1.10. The fraction of sp³-hybridized carbons (Fsp3) is 0.867. The fourth-order valence-corrected chi connectivity index (χ4v) is 3.11. The Kier molecular flexibility index (Phi) is 5.02. The Bertz CT molecular complexity index is 364. The van der Waals surface area contributed by atoms with Gasteiger partial charge in [-0.05, 0) is 38.9 Å². The summed E-state index contributed by atoms with van der Waals surface area (Å²) in [4.78, 5) is 28.9. The van der Waals surface area contributed by atoms with Crippen LogP contribution in [0.25, 0.3) is 0 Å². The van der Waals surface area contributed by atoms with Crippen molar-refractivity contribution >= 4 is 11.8 Å². The van der Waals surface area contributed by atoms with Crippen LogP contribution in [0.15, 0.2) is 0 Å². The molecule has 0 bridgehead atoms. The summed E-state index contributed by atoms with van der Waals surface area (Å²) in [6, 6.07) is -0.0346. The van der Waals surface area contributed by atoms with Crippen LogP contribution in [0, 0.1) is 5.92 Å². The molecule has 20 heavy (non-hydrogen) atoms. The minimum Gasteiger partial charge on any atom is -0.344 e. The Morgan fingerprint density at radius 3 is 2.50 bits per heavy atom. The third-order valence-electron chi connectivity index (χ3n) is 4.79. The first-order valence-electron chi connectivity index (χ1n) is 7.81. The maximum atomic E-state index is 12.8. The van der Waals surface area contributed by atoms with E-state index in [1.54, 1.807) is 0 Å². The van der Waals surface area contributed by atoms with Crippen molar-refractivity contribution in [1.29, 1.82) is 0 Å². The van der Waals surface area contributed by atoms with Gasteiger partial charge in [-0.2, -0.15) is 0 Å². The quantitative estimate of drug-likeness (QED) is 0.834. The second kappa shape index (κ2) is 6.57. The molecule has 2 heterocycles. The number of nitrogens with zero attached hydrogens (tertiary/aromatic N) is 2. The van der Waals surface area contributed by atoms with Gasteiger partial charge < -0.3 is 15.1 Å². The summed E-state index contributed by atoms with van der Waals surface area (Å²) in [5.41, 5.74) is 0. The number of likely N-dealkylation sites (tertiary alicyclic amines) is 1. The number of amides is 2. The molecule has 2 aliphatic heterocycles. The van der Waals surface area contributed by atoms with Crippen LogP contribution in [0.1, 0.15) is 39.5 Å². The van der Waals surface area contributed by atoms with E-state index in [9.17, 15) is 9.59 Å². The summed E-state index contributed by atoms with van der Waals surface area (Å²) in [7, 11) is 2.12. The second-order valence-corrected chi connectivity index (χ2v) is 6.25. The summed E-state index contributed by atoms with van der Waals surface area (Å²) < 4.78 is 0. The van der Waals surface area contributed by atoms with E-state index in [0.717, 1.165) is 32.4 Å². The molecular formula is C15H27N3O2. The average molecular weight is 281 g/mol. The lowest BCUT2D eigenvalue weighted by atomic mass is 9.96. The lowest BCUT2D eigenvalue weighted by Gasteiger charge is -2.38. The average Bonchev–Trinajstić information content (AvgIpc) is 2.59. The predicted molar refractivity (Wildman–Crippen MR) is 78.2 cm³/mol. The van der Waals surface area contributed by atoms with Gasteiger partial charge in [0.2, 0.25) is 11.8 Å². The molecule has 5 nitrogen and oxygen atoms in total. The van der Waals surface area contributed by atoms with Crippen LogP contribution < -0.4 is 5.32 Å². The highest BCUT2D eigenvalue weighted by Crippen LogP contribution is 2.21. The van der Waals surface area contributed by atoms with E-state index in [1.165, 1.54) is 0 Å². The third-order valence-corrected chi connectivity index (χ3v) is 4.79. The minimum atomic E-state index is -0.338. The van der Waals surface area contributed by atoms with Crippen LogP contribution in [0.2, 0.25) is 0 Å². The molecular weight excluding hydrogens is 254 g/mol. The van der Waals surface area contributed by atoms with E-state index >= 15 is 0 Å². The van der Waals surface area contributed by atoms with Gasteiger partial charge in [0.15, 0.2) is 0 Å². The summed E-state index contributed by atoms with van der Waals surface area (Å²) in [6.07, 6.45) is 3.37. The smallest absolute Gasteiger partial charge is 0.245 e. The van der Waals surface area contributed by atoms with Gasteiger partial charge in [-0.3, -0.25) is 9.59 Å². The standard InChI is InChI=1S/C15H27N3O2/c1-4-11(2)14-15(20)18(10-7-13(19)16-14)12-5-8-17(3)9-6-12/h11-12,14H,4-10H2,1-3H3,(H,16,19). The molecule has 2 fully saturated rings. The highest BCUT2D eigenvalue weighted by atomic mass is 16.2. The van der Waals surface area contributed by atoms with Crippen molar-refractivity contribution in [2.75, 3.05) is 26.7 Å². The maximum Gasteiger partial charge on any atom is 0.245 e. The van der Waals surface area contributed by atoms with Crippen molar-refractivity contribution in [3.63, 3.8) is 0 Å². The molecule has 5 heteroatoms. The van der Waals surface area contributed by atoms with Crippen LogP contribution in [0.4, 0.5) is 0 Å². The van der Waals surface area contributed by atoms with E-state index < -0.39 is 0 Å². The number of hydrogen-bond donors (Lipinski definition) is 1. The van der Waals surface area contributed by atoms with E-state index in [4.69, 9.17) is 0 Å². The Morgan fingerprint density at radius 2 is 1.90 bits per heavy atom. The largest absolute Gasteiger partial charge is 0.344 e. The molecule has 0 radical (unpaired) electrons. The number of hydrogen-bond acceptors (Lipinski definition) is 3. The zero-order valence-electron chi connectivity index (χ0n) is 12.9. The van der Waals surface area contributed by atoms with E-state index in [1.807, 2.05) is 11.8 Å². The summed E-state index contributed by atoms with van der Waals surface area (Å²) in [5, 5.41) is 2.92. The maximum absolute atomic E-state index is 12.8. The van der Waals surface area contributed by atoms with Gasteiger partial charge in [-0.25, -0.2) is 0 Å². The topological polar surface area (TPSA) is 52.7 Å². The molecule has 0 saturated carbocycles. The molecule has 0 aromatic rings. The first-order chi connectivity index (χ1) is 9.52. The molecule has 114 valence electrons. The number of carbonyl (C=O) groups excluding carboxylic acids is 2. The molecule has 0 aromatic heterocycles. The highest BCUT2D eigenvalue weighted by Gasteiger charge is 2.36. The normalized spacial score (nSPS) is 28.1. The van der Waals surface area contributed by atoms with Crippen LogP contribution in [0.5, 0.6) is 0 Å². The summed E-state index contributed by atoms with van der Waals surface area (Å²) in [5.74, 6) is 0.331. The van der Waals surface area contributed by atoms with Crippen LogP contribution in [-0.2, 0) is 9.59 Å². The van der Waals surface area contributed by atoms with Gasteiger partial charge in [-0.1, -0.05) is 20.3 Å². The molecule has 2 aliphatic rings. The Balaban J connectivity index is 2.10. The van der Waals surface area contributed by atoms with E-state index in [-0.39, 0.29) is 23.8 Å². The van der Waals surface area contributed by atoms with Crippen molar-refractivity contribution in [3.8, 4) is 0 Å². The molecule has 2 amide bonds. The molecule has 0 aliphatic carbocycles. The minimum absolute atomic E-state index is 0.0130. The molecule has 2 saturated heterocycles. The van der Waals surface area contributed by atoms with Gasteiger partial charge in [0, 0.05) is 19.0 Å². The molecule has 0 spiro atoms. The highest BCUT2D eigenvalue weighted by molar-refractivity contribution is 5.90. The number of nitrogens with one attached hydrogen (secondary N) is 1. The van der Waals surface area contributed by atoms with Gasteiger partial charge in [0.25, 0.3) is 0 Å². The molecule has 2 rings (SSSR count). The fourth-order valence-electron chi connectivity index (χ4n) is 3.11. The molecule has 1 N–H and O–H groups in total. The zero-order valence-corrected chi connectivity index (χ0v) is 12.9. The van der Waals surface area contributed by atoms with Gasteiger partial charge in [0.05, 0.1) is 0 Å². The summed E-state index contributed by atoms with van der Waals surface area (Å²) >= 11 is 0. The first-order valence-corrected chi connectivity index (χ1v) is 7.81. The van der Waals surface area contributed by atoms with Crippen molar-refractivity contribution < 1.29 is 9.59 Å². The van der Waals surface area contributed by atoms with Gasteiger partial charge in [0.1, 0.15) is 6.04 Å². The van der Waals surface area contributed by atoms with Gasteiger partial charge in [-0.15, -0.1) is 0 Å². The van der Waals surface area contributed by atoms with Crippen molar-refractivity contribution in [1.82, 2.24) is 15.1 Å². The number of piperidine rings is 1. The Labute approximate surface area is 121 Å². The molecule has 2 atom stereocenters. The van der Waals surface area contributed by atoms with Crippen molar-refractivity contribution in [2.24, 2.45) is 5.92 Å². The van der Waals surface area contributed by atoms with Crippen molar-refractivity contribution in [2.45, 2.75) is 51.6 Å². The zero-order chi connectivity index (χ0) is 14.7. The third kappa shape index (κ3) is 3.32. The van der Waals surface area contributed by atoms with Crippen LogP contribution >= 0.6 is 0 Å². The lowest BCUT2D eigenvalue weighted by molar-refractivity contribution is -0.137. The molecule has 2 unspecified atom stereocenters. The monoisotopic (exact) mass is 281 g/mol. The summed E-state index contributed by atoms with van der Waals surface area (Å²) in [6.45, 7) is 6.75. The van der Waals surface area contributed by atoms with Gasteiger partial charge >= 0.3 is 0 Å². The van der Waals surface area contributed by atoms with E-state index in [0.29, 0.717) is 19.0 Å². The molecule has 0 aromatic carbocycles. The van der Waals surface area contributed by atoms with E-state index in [2.05, 4.69) is 24.2 Å². The SMILES string of the molecule is CCC(C)C1NC(=O)CCN(C2CCN(C)CC2)C1=O. The Morgan fingerprint density at radius 1 is 1.25 bits per heavy atom. The van der Waals surface area contributed by atoms with Crippen LogP contribution in [0.3, 0.4) is 0 Å².